The van der Waals surface area contributed by atoms with Crippen molar-refractivity contribution in [2.45, 2.75) is 31.2 Å². The average Bonchev–Trinajstić information content (AvgIpc) is 3.07. The summed E-state index contributed by atoms with van der Waals surface area (Å²) in [5.74, 6) is 0. The summed E-state index contributed by atoms with van der Waals surface area (Å²) in [4.78, 5) is 8.31. The predicted octanol–water partition coefficient (Wildman–Crippen LogP) is 4.86. The molecule has 3 aromatic rings. The molecule has 0 bridgehead atoms. The number of aliphatic hydroxyl groups is 1. The zero-order valence-electron chi connectivity index (χ0n) is 16.0. The van der Waals surface area contributed by atoms with Crippen LogP contribution in [0.2, 0.25) is 0 Å². The van der Waals surface area contributed by atoms with Crippen molar-refractivity contribution in [3.8, 4) is 0 Å². The summed E-state index contributed by atoms with van der Waals surface area (Å²) >= 11 is 1.82. The lowest BCUT2D eigenvalue weighted by Crippen LogP contribution is -2.43. The molecular weight excluding hydrogens is 352 g/mol. The van der Waals surface area contributed by atoms with E-state index in [4.69, 9.17) is 0 Å². The topological polar surface area (TPSA) is 36.4 Å². The molecule has 1 aromatic carbocycles. The maximum atomic E-state index is 9.54. The molecule has 3 nitrogen and oxygen atoms in total. The van der Waals surface area contributed by atoms with Crippen molar-refractivity contribution < 1.29 is 5.11 Å². The molecular formula is C23H26N2OS. The van der Waals surface area contributed by atoms with Gasteiger partial charge in [0.15, 0.2) is 0 Å². The van der Waals surface area contributed by atoms with Gasteiger partial charge in [-0.2, -0.15) is 0 Å². The number of thiophene rings is 1. The molecule has 0 spiro atoms. The van der Waals surface area contributed by atoms with Crippen LogP contribution in [0.25, 0.3) is 15.7 Å². The summed E-state index contributed by atoms with van der Waals surface area (Å²) in [6.45, 7) is 0.197. The molecule has 0 saturated heterocycles. The highest BCUT2D eigenvalue weighted by Crippen LogP contribution is 2.45. The third kappa shape index (κ3) is 3.22. The van der Waals surface area contributed by atoms with Crippen molar-refractivity contribution in [2.24, 2.45) is 0 Å². The molecule has 2 aromatic heterocycles. The van der Waals surface area contributed by atoms with Crippen molar-refractivity contribution in [3.63, 3.8) is 0 Å². The molecule has 4 rings (SSSR count). The van der Waals surface area contributed by atoms with Gasteiger partial charge in [-0.3, -0.25) is 9.88 Å². The third-order valence-electron chi connectivity index (χ3n) is 5.82. The number of rotatable bonds is 5. The van der Waals surface area contributed by atoms with Gasteiger partial charge in [-0.1, -0.05) is 30.3 Å². The lowest BCUT2D eigenvalue weighted by molar-refractivity contribution is 0.133. The summed E-state index contributed by atoms with van der Waals surface area (Å²) < 4.78 is 1.31. The average molecular weight is 379 g/mol. The van der Waals surface area contributed by atoms with Gasteiger partial charge in [0.1, 0.15) is 0 Å². The first-order chi connectivity index (χ1) is 13.2. The van der Waals surface area contributed by atoms with Crippen LogP contribution in [-0.4, -0.2) is 35.7 Å². The predicted molar refractivity (Wildman–Crippen MR) is 114 cm³/mol. The second-order valence-corrected chi connectivity index (χ2v) is 8.58. The molecule has 0 radical (unpaired) electrons. The van der Waals surface area contributed by atoms with Crippen LogP contribution in [0.5, 0.6) is 0 Å². The summed E-state index contributed by atoms with van der Waals surface area (Å²) in [6, 6.07) is 14.8. The van der Waals surface area contributed by atoms with Crippen LogP contribution in [0.4, 0.5) is 0 Å². The minimum Gasteiger partial charge on any atom is -0.396 e. The lowest BCUT2D eigenvalue weighted by Gasteiger charge is -2.42. The number of pyridine rings is 1. The first kappa shape index (κ1) is 18.4. The van der Waals surface area contributed by atoms with Crippen LogP contribution >= 0.6 is 11.3 Å². The number of aliphatic hydroxyl groups excluding tert-OH is 1. The van der Waals surface area contributed by atoms with Gasteiger partial charge >= 0.3 is 0 Å². The van der Waals surface area contributed by atoms with Crippen molar-refractivity contribution in [2.75, 3.05) is 20.7 Å². The Hall–Kier alpha value is -2.01. The smallest absolute Gasteiger partial charge is 0.0666 e. The zero-order chi connectivity index (χ0) is 18.9. The van der Waals surface area contributed by atoms with Gasteiger partial charge in [0.25, 0.3) is 0 Å². The van der Waals surface area contributed by atoms with E-state index in [1.165, 1.54) is 26.1 Å². The molecule has 0 amide bonds. The Labute approximate surface area is 165 Å². The number of hydrogen-bond acceptors (Lipinski definition) is 4. The third-order valence-corrected chi connectivity index (χ3v) is 7.05. The Bertz CT molecular complexity index is 961. The van der Waals surface area contributed by atoms with E-state index in [1.807, 2.05) is 23.6 Å². The van der Waals surface area contributed by atoms with Gasteiger partial charge in [-0.05, 0) is 62.7 Å². The van der Waals surface area contributed by atoms with Crippen LogP contribution in [0.1, 0.15) is 35.4 Å². The van der Waals surface area contributed by atoms with E-state index in [9.17, 15) is 5.11 Å². The van der Waals surface area contributed by atoms with E-state index in [0.29, 0.717) is 0 Å². The molecule has 2 heterocycles. The summed E-state index contributed by atoms with van der Waals surface area (Å²) in [5, 5.41) is 10.9. The van der Waals surface area contributed by atoms with Gasteiger partial charge in [0, 0.05) is 34.2 Å². The molecule has 4 heteroatoms. The second kappa shape index (κ2) is 7.55. The summed E-state index contributed by atoms with van der Waals surface area (Å²) in [7, 11) is 4.31. The van der Waals surface area contributed by atoms with Crippen LogP contribution in [0.15, 0.2) is 54.7 Å². The fraction of sp³-hybridized carbons (Fsp3) is 0.348. The highest BCUT2D eigenvalue weighted by atomic mass is 32.1. The number of allylic oxidation sites excluding steroid dienone is 1. The Kier molecular flexibility index (Phi) is 5.13. The van der Waals surface area contributed by atoms with Crippen molar-refractivity contribution >= 4 is 27.0 Å². The van der Waals surface area contributed by atoms with E-state index in [0.717, 1.165) is 31.4 Å². The van der Waals surface area contributed by atoms with Gasteiger partial charge < -0.3 is 5.11 Å². The van der Waals surface area contributed by atoms with Gasteiger partial charge in [0.2, 0.25) is 0 Å². The normalized spacial score (nSPS) is 20.2. The maximum absolute atomic E-state index is 9.54. The summed E-state index contributed by atoms with van der Waals surface area (Å²) in [6.07, 6.45) is 8.05. The monoisotopic (exact) mass is 378 g/mol. The van der Waals surface area contributed by atoms with Crippen molar-refractivity contribution in [1.82, 2.24) is 9.88 Å². The standard InChI is InChI=1S/C23H26N2OS/c1-25(2)23(21-9-5-6-15-24-21)13-10-17(11-14-23)22-18-7-3-4-8-19(18)27-20(22)12-16-26/h3-10,15,26H,11-14,16H2,1-2H3. The molecule has 1 N–H and O–H groups in total. The van der Waals surface area contributed by atoms with E-state index >= 15 is 0 Å². The minimum absolute atomic E-state index is 0.0479. The Morgan fingerprint density at radius 1 is 1.15 bits per heavy atom. The number of hydrogen-bond donors (Lipinski definition) is 1. The van der Waals surface area contributed by atoms with E-state index in [2.05, 4.69) is 66.5 Å². The second-order valence-electron chi connectivity index (χ2n) is 7.44. The molecule has 0 saturated carbocycles. The summed E-state index contributed by atoms with van der Waals surface area (Å²) in [5.41, 5.74) is 3.88. The minimum atomic E-state index is -0.0479. The molecule has 1 aliphatic rings. The highest BCUT2D eigenvalue weighted by molar-refractivity contribution is 7.19. The largest absolute Gasteiger partial charge is 0.396 e. The number of fused-ring (bicyclic) bond motifs is 1. The molecule has 0 aliphatic heterocycles. The van der Waals surface area contributed by atoms with Crippen LogP contribution in [-0.2, 0) is 12.0 Å². The molecule has 1 atom stereocenters. The quantitative estimate of drug-likeness (QED) is 0.689. The van der Waals surface area contributed by atoms with E-state index in [-0.39, 0.29) is 12.1 Å². The Balaban J connectivity index is 1.76. The fourth-order valence-electron chi connectivity index (χ4n) is 4.30. The molecule has 27 heavy (non-hydrogen) atoms. The highest BCUT2D eigenvalue weighted by Gasteiger charge is 2.37. The van der Waals surface area contributed by atoms with Gasteiger partial charge in [-0.25, -0.2) is 0 Å². The molecule has 140 valence electrons. The molecule has 1 aliphatic carbocycles. The van der Waals surface area contributed by atoms with Crippen molar-refractivity contribution in [1.29, 1.82) is 0 Å². The van der Waals surface area contributed by atoms with Gasteiger partial charge in [0.05, 0.1) is 11.2 Å². The SMILES string of the molecule is CN(C)C1(c2ccccn2)CC=C(c2c(CCO)sc3ccccc23)CC1. The van der Waals surface area contributed by atoms with Crippen LogP contribution < -0.4 is 0 Å². The zero-order valence-corrected chi connectivity index (χ0v) is 16.8. The molecule has 0 fully saturated rings. The lowest BCUT2D eigenvalue weighted by atomic mass is 9.77. The first-order valence-corrected chi connectivity index (χ1v) is 10.4. The van der Waals surface area contributed by atoms with Crippen LogP contribution in [0, 0.1) is 0 Å². The number of benzene rings is 1. The number of nitrogens with zero attached hydrogens (tertiary/aromatic N) is 2. The fourth-order valence-corrected chi connectivity index (χ4v) is 5.53. The van der Waals surface area contributed by atoms with Crippen LogP contribution in [0.3, 0.4) is 0 Å². The first-order valence-electron chi connectivity index (χ1n) is 9.55. The van der Waals surface area contributed by atoms with Gasteiger partial charge in [-0.15, -0.1) is 11.3 Å². The van der Waals surface area contributed by atoms with E-state index < -0.39 is 0 Å². The van der Waals surface area contributed by atoms with Crippen molar-refractivity contribution in [3.05, 3.63) is 70.9 Å². The van der Waals surface area contributed by atoms with E-state index in [1.54, 1.807) is 0 Å². The Morgan fingerprint density at radius 3 is 2.63 bits per heavy atom. The molecule has 1 unspecified atom stereocenters. The Morgan fingerprint density at radius 2 is 1.96 bits per heavy atom. The number of aromatic nitrogens is 1. The maximum Gasteiger partial charge on any atom is 0.0666 e.